The Morgan fingerprint density at radius 3 is 1.65 bits per heavy atom. The van der Waals surface area contributed by atoms with Crippen LogP contribution >= 0.6 is 0 Å². The number of esters is 1. The predicted octanol–water partition coefficient (Wildman–Crippen LogP) is 6.14. The van der Waals surface area contributed by atoms with Gasteiger partial charge in [0.05, 0.1) is 12.0 Å². The number of aliphatic carboxylic acids is 1. The standard InChI is InChI=1S/C55H67N3O13Si/c1-33(52(65)58-50(51(56)64)37(5)70-54(67)68-32-45-42-26-17-15-24-40(42)41-25-16-18-27-43(41)45)30-46(60)49(36(4)69-48(63)29-19-28-47(61)62)57-53(66)44(31-34(2)59)35(3)71-72(55(6,7)8,38-20-11-9-12-21-38)39-22-13-10-14-23-39/h9-18,20-27,33,35-37,44-45,49-50H,19,28-32H2,1-8H3,(H2,56,64)(H,57,66)(H,58,65)(H,61,62)/t33-,35?,36?,37?,44+,49+,50+/m1/s1. The van der Waals surface area contributed by atoms with E-state index in [2.05, 4.69) is 31.4 Å². The number of nitrogens with one attached hydrogen (secondary N) is 2. The third-order valence-corrected chi connectivity index (χ3v) is 18.2. The molecule has 72 heavy (non-hydrogen) atoms. The van der Waals surface area contributed by atoms with E-state index >= 15 is 0 Å². The molecule has 7 atom stereocenters. The normalized spacial score (nSPS) is 15.2. The highest BCUT2D eigenvalue weighted by atomic mass is 28.4. The molecule has 3 unspecified atom stereocenters. The maximum Gasteiger partial charge on any atom is 0.508 e. The highest BCUT2D eigenvalue weighted by Gasteiger charge is 2.52. The van der Waals surface area contributed by atoms with Crippen molar-refractivity contribution in [2.24, 2.45) is 17.6 Å². The van der Waals surface area contributed by atoms with Gasteiger partial charge < -0.3 is 44.9 Å². The second-order valence-corrected chi connectivity index (χ2v) is 23.8. The SMILES string of the molecule is CC(=O)C[C@H](C(=O)N[C@H](C(=O)C[C@@H](C)C(=O)N[C@H](C(N)=O)C(C)OC(=O)OCC1c2ccccc2-c2ccccc21)C(C)OC(=O)CCCC(=O)O)C(C)O[Si](c1ccccc1)(c1ccccc1)C(C)(C)C. The fraction of sp³-hybridized carbons (Fsp3) is 0.418. The lowest BCUT2D eigenvalue weighted by molar-refractivity contribution is -0.153. The van der Waals surface area contributed by atoms with Crippen LogP contribution in [0.5, 0.6) is 0 Å². The number of carboxylic acid groups (broad SMARTS) is 1. The number of fused-ring (bicyclic) bond motifs is 3. The van der Waals surface area contributed by atoms with Gasteiger partial charge in [-0.2, -0.15) is 0 Å². The molecule has 0 saturated heterocycles. The zero-order chi connectivity index (χ0) is 52.9. The molecule has 5 rings (SSSR count). The van der Waals surface area contributed by atoms with Crippen molar-refractivity contribution in [3.63, 3.8) is 0 Å². The van der Waals surface area contributed by atoms with Crippen LogP contribution in [-0.2, 0) is 52.2 Å². The van der Waals surface area contributed by atoms with Crippen molar-refractivity contribution in [2.45, 2.75) is 129 Å². The van der Waals surface area contributed by atoms with Gasteiger partial charge in [-0.25, -0.2) is 4.79 Å². The van der Waals surface area contributed by atoms with Gasteiger partial charge in [-0.3, -0.25) is 28.8 Å². The van der Waals surface area contributed by atoms with Gasteiger partial charge in [0, 0.05) is 37.5 Å². The summed E-state index contributed by atoms with van der Waals surface area (Å²) < 4.78 is 23.8. The van der Waals surface area contributed by atoms with Crippen molar-refractivity contribution in [3.8, 4) is 11.1 Å². The largest absolute Gasteiger partial charge is 0.508 e. The molecule has 3 amide bonds. The molecule has 1 aliphatic carbocycles. The second kappa shape index (κ2) is 24.9. The summed E-state index contributed by atoms with van der Waals surface area (Å²) in [6.45, 7) is 13.3. The molecular weight excluding hydrogens is 939 g/mol. The monoisotopic (exact) mass is 1010 g/mol. The molecule has 0 spiro atoms. The summed E-state index contributed by atoms with van der Waals surface area (Å²) in [6.07, 6.45) is -6.18. The fourth-order valence-corrected chi connectivity index (χ4v) is 14.1. The molecule has 4 aromatic rings. The van der Waals surface area contributed by atoms with E-state index in [0.29, 0.717) is 0 Å². The summed E-state index contributed by atoms with van der Waals surface area (Å²) in [5, 5.41) is 15.6. The van der Waals surface area contributed by atoms with Crippen LogP contribution in [0.4, 0.5) is 4.79 Å². The molecular formula is C55H67N3O13Si. The van der Waals surface area contributed by atoms with Crippen LogP contribution < -0.4 is 26.7 Å². The van der Waals surface area contributed by atoms with Crippen LogP contribution in [0.1, 0.15) is 105 Å². The summed E-state index contributed by atoms with van der Waals surface area (Å²) in [7, 11) is -3.29. The summed E-state index contributed by atoms with van der Waals surface area (Å²) >= 11 is 0. The Labute approximate surface area is 421 Å². The van der Waals surface area contributed by atoms with Gasteiger partial charge >= 0.3 is 18.1 Å². The Hall–Kier alpha value is -6.98. The smallest absolute Gasteiger partial charge is 0.481 e. The number of ether oxygens (including phenoxy) is 3. The maximum atomic E-state index is 14.6. The molecule has 4 aromatic carbocycles. The van der Waals surface area contributed by atoms with E-state index in [1.807, 2.05) is 109 Å². The summed E-state index contributed by atoms with van der Waals surface area (Å²) in [6, 6.07) is 31.8. The number of nitrogens with two attached hydrogens (primary N) is 1. The highest BCUT2D eigenvalue weighted by Crippen LogP contribution is 2.44. The van der Waals surface area contributed by atoms with E-state index in [4.69, 9.17) is 29.5 Å². The van der Waals surface area contributed by atoms with Crippen molar-refractivity contribution >= 4 is 66.1 Å². The molecule has 5 N–H and O–H groups in total. The number of carbonyl (C=O) groups excluding carboxylic acids is 7. The van der Waals surface area contributed by atoms with Crippen LogP contribution in [0.15, 0.2) is 109 Å². The number of amides is 3. The number of hydrogen-bond acceptors (Lipinski definition) is 12. The number of Topliss-reactive ketones (excluding diaryl/α,β-unsaturated/α-hetero) is 2. The van der Waals surface area contributed by atoms with Gasteiger partial charge in [-0.1, -0.05) is 137 Å². The average molecular weight is 1010 g/mol. The summed E-state index contributed by atoms with van der Waals surface area (Å²) in [4.78, 5) is 106. The molecule has 0 fully saturated rings. The third kappa shape index (κ3) is 13.9. The van der Waals surface area contributed by atoms with Gasteiger partial charge in [-0.15, -0.1) is 0 Å². The molecule has 0 radical (unpaired) electrons. The molecule has 384 valence electrons. The fourth-order valence-electron chi connectivity index (χ4n) is 9.35. The van der Waals surface area contributed by atoms with Crippen molar-refractivity contribution in [1.29, 1.82) is 0 Å². The Kier molecular flexibility index (Phi) is 19.4. The van der Waals surface area contributed by atoms with Gasteiger partial charge in [0.15, 0.2) is 5.78 Å². The quantitative estimate of drug-likeness (QED) is 0.0431. The topological polar surface area (TPSA) is 244 Å². The lowest BCUT2D eigenvalue weighted by atomic mass is 9.93. The highest BCUT2D eigenvalue weighted by molar-refractivity contribution is 6.99. The average Bonchev–Trinajstić information content (AvgIpc) is 3.65. The minimum Gasteiger partial charge on any atom is -0.481 e. The number of hydrogen-bond donors (Lipinski definition) is 4. The van der Waals surface area contributed by atoms with E-state index in [1.54, 1.807) is 6.92 Å². The molecule has 0 saturated carbocycles. The third-order valence-electron chi connectivity index (χ3n) is 13.0. The first-order valence-electron chi connectivity index (χ1n) is 24.2. The summed E-state index contributed by atoms with van der Waals surface area (Å²) in [5.74, 6) is -8.29. The molecule has 1 aliphatic rings. The first-order chi connectivity index (χ1) is 34.0. The van der Waals surface area contributed by atoms with E-state index in [1.165, 1.54) is 27.7 Å². The van der Waals surface area contributed by atoms with Gasteiger partial charge in [0.25, 0.3) is 8.32 Å². The minimum absolute atomic E-state index is 0.0503. The van der Waals surface area contributed by atoms with Crippen LogP contribution in [0.2, 0.25) is 5.04 Å². The van der Waals surface area contributed by atoms with E-state index < -0.39 is 104 Å². The number of primary amides is 1. The van der Waals surface area contributed by atoms with E-state index in [9.17, 15) is 38.4 Å². The van der Waals surface area contributed by atoms with Crippen molar-refractivity contribution < 1.29 is 62.1 Å². The number of rotatable bonds is 25. The minimum atomic E-state index is -3.29. The van der Waals surface area contributed by atoms with Gasteiger partial charge in [0.1, 0.15) is 36.7 Å². The Bertz CT molecular complexity index is 2500. The summed E-state index contributed by atoms with van der Waals surface area (Å²) in [5.41, 5.74) is 9.67. The van der Waals surface area contributed by atoms with Gasteiger partial charge in [0.2, 0.25) is 17.7 Å². The molecule has 16 nitrogen and oxygen atoms in total. The van der Waals surface area contributed by atoms with Gasteiger partial charge in [-0.05, 0) is 71.8 Å². The lowest BCUT2D eigenvalue weighted by Crippen LogP contribution is -2.68. The van der Waals surface area contributed by atoms with Crippen LogP contribution in [0.25, 0.3) is 11.1 Å². The maximum absolute atomic E-state index is 14.6. The van der Waals surface area contributed by atoms with Crippen molar-refractivity contribution in [1.82, 2.24) is 10.6 Å². The number of carbonyl (C=O) groups is 8. The van der Waals surface area contributed by atoms with E-state index in [0.717, 1.165) is 32.6 Å². The lowest BCUT2D eigenvalue weighted by Gasteiger charge is -2.45. The Balaban J connectivity index is 1.33. The Morgan fingerprint density at radius 2 is 1.15 bits per heavy atom. The zero-order valence-corrected chi connectivity index (χ0v) is 43.2. The zero-order valence-electron chi connectivity index (χ0n) is 42.2. The van der Waals surface area contributed by atoms with Crippen LogP contribution in [-0.4, -0.2) is 97.8 Å². The molecule has 0 bridgehead atoms. The number of benzene rings is 4. The van der Waals surface area contributed by atoms with Crippen LogP contribution in [0.3, 0.4) is 0 Å². The van der Waals surface area contributed by atoms with Crippen molar-refractivity contribution in [2.75, 3.05) is 6.61 Å². The molecule has 0 heterocycles. The van der Waals surface area contributed by atoms with E-state index in [-0.39, 0.29) is 44.0 Å². The molecule has 17 heteroatoms. The number of carboxylic acids is 1. The Morgan fingerprint density at radius 1 is 0.653 bits per heavy atom. The second-order valence-electron chi connectivity index (χ2n) is 19.5. The van der Waals surface area contributed by atoms with Crippen LogP contribution in [0, 0.1) is 11.8 Å². The predicted molar refractivity (Wildman–Crippen MR) is 271 cm³/mol. The van der Waals surface area contributed by atoms with Crippen molar-refractivity contribution in [3.05, 3.63) is 120 Å². The first kappa shape index (κ1) is 55.9. The molecule has 0 aliphatic heterocycles. The number of ketones is 2. The first-order valence-corrected chi connectivity index (χ1v) is 26.1. The molecule has 0 aromatic heterocycles.